The number of rotatable bonds is 6. The fourth-order valence-electron chi connectivity index (χ4n) is 3.27. The zero-order valence-electron chi connectivity index (χ0n) is 15.4. The van der Waals surface area contributed by atoms with E-state index in [1.165, 1.54) is 17.0 Å². The van der Waals surface area contributed by atoms with Crippen LogP contribution in [0, 0.1) is 5.82 Å². The van der Waals surface area contributed by atoms with Crippen LogP contribution < -0.4 is 4.74 Å². The van der Waals surface area contributed by atoms with Gasteiger partial charge in [-0.2, -0.15) is 0 Å². The molecule has 0 aliphatic carbocycles. The van der Waals surface area contributed by atoms with Crippen LogP contribution in [-0.2, 0) is 16.4 Å². The van der Waals surface area contributed by atoms with Crippen molar-refractivity contribution in [1.82, 2.24) is 4.90 Å². The van der Waals surface area contributed by atoms with E-state index in [1.807, 2.05) is 6.92 Å². The predicted molar refractivity (Wildman–Crippen MR) is 106 cm³/mol. The molecule has 1 fully saturated rings. The summed E-state index contributed by atoms with van der Waals surface area (Å²) in [6.45, 7) is 2.27. The molecule has 1 saturated heterocycles. The number of carbonyl (C=O) groups excluding carboxylic acids is 1. The number of hydrogen-bond donors (Lipinski definition) is 0. The summed E-state index contributed by atoms with van der Waals surface area (Å²) in [5.41, 5.74) is 0.549. The number of halogens is 2. The Bertz CT molecular complexity index is 942. The molecule has 2 aromatic carbocycles. The fraction of sp³-hybridized carbons (Fsp3) is 0.350. The summed E-state index contributed by atoms with van der Waals surface area (Å²) in [6.07, 6.45) is 0.317. The van der Waals surface area contributed by atoms with Gasteiger partial charge in [0.25, 0.3) is 5.91 Å². The molecule has 1 aliphatic rings. The molecule has 8 heteroatoms. The van der Waals surface area contributed by atoms with Crippen LogP contribution in [0.25, 0.3) is 0 Å². The van der Waals surface area contributed by atoms with Crippen LogP contribution in [-0.4, -0.2) is 43.4 Å². The number of hydrogen-bond acceptors (Lipinski definition) is 4. The predicted octanol–water partition coefficient (Wildman–Crippen LogP) is 3.71. The van der Waals surface area contributed by atoms with Crippen molar-refractivity contribution in [3.05, 3.63) is 64.4 Å². The van der Waals surface area contributed by atoms with Crippen molar-refractivity contribution >= 4 is 27.3 Å². The number of benzene rings is 2. The lowest BCUT2D eigenvalue weighted by atomic mass is 10.1. The van der Waals surface area contributed by atoms with Crippen LogP contribution in [0.4, 0.5) is 4.39 Å². The van der Waals surface area contributed by atoms with Gasteiger partial charge in [-0.05, 0) is 49.7 Å². The minimum Gasteiger partial charge on any atom is -0.494 e. The van der Waals surface area contributed by atoms with Gasteiger partial charge >= 0.3 is 0 Å². The van der Waals surface area contributed by atoms with Gasteiger partial charge in [-0.15, -0.1) is 0 Å². The smallest absolute Gasteiger partial charge is 0.254 e. The van der Waals surface area contributed by atoms with Crippen molar-refractivity contribution < 1.29 is 22.3 Å². The Kier molecular flexibility index (Phi) is 6.25. The molecule has 1 heterocycles. The lowest BCUT2D eigenvalue weighted by Gasteiger charge is -2.29. The molecule has 2 aromatic rings. The molecule has 0 spiro atoms. The first kappa shape index (κ1) is 20.6. The summed E-state index contributed by atoms with van der Waals surface area (Å²) >= 11 is 6.13. The van der Waals surface area contributed by atoms with Gasteiger partial charge in [-0.25, -0.2) is 12.8 Å². The first-order valence-electron chi connectivity index (χ1n) is 8.98. The molecule has 3 rings (SSSR count). The van der Waals surface area contributed by atoms with Gasteiger partial charge in [0.15, 0.2) is 9.84 Å². The SMILES string of the molecule is CCOc1ccc(C(=O)N(Cc2c(F)cccc2Cl)[C@@H]2CCS(=O)(=O)C2)cc1. The van der Waals surface area contributed by atoms with Crippen molar-refractivity contribution in [2.75, 3.05) is 18.1 Å². The van der Waals surface area contributed by atoms with Crippen molar-refractivity contribution in [3.8, 4) is 5.75 Å². The maximum atomic E-state index is 14.3. The third-order valence-electron chi connectivity index (χ3n) is 4.71. The molecule has 0 saturated carbocycles. The molecule has 1 aliphatic heterocycles. The van der Waals surface area contributed by atoms with Crippen LogP contribution in [0.3, 0.4) is 0 Å². The van der Waals surface area contributed by atoms with Crippen LogP contribution in [0.5, 0.6) is 5.75 Å². The summed E-state index contributed by atoms with van der Waals surface area (Å²) in [5, 5.41) is 0.199. The second-order valence-corrected chi connectivity index (χ2v) is 9.28. The minimum atomic E-state index is -3.22. The van der Waals surface area contributed by atoms with Crippen LogP contribution in [0.15, 0.2) is 42.5 Å². The fourth-order valence-corrected chi connectivity index (χ4v) is 5.22. The van der Waals surface area contributed by atoms with Crippen molar-refractivity contribution in [3.63, 3.8) is 0 Å². The number of amides is 1. The van der Waals surface area contributed by atoms with Gasteiger partial charge in [0.05, 0.1) is 24.7 Å². The lowest BCUT2D eigenvalue weighted by molar-refractivity contribution is 0.0679. The second-order valence-electron chi connectivity index (χ2n) is 6.65. The van der Waals surface area contributed by atoms with E-state index >= 15 is 0 Å². The van der Waals surface area contributed by atoms with Crippen molar-refractivity contribution in [1.29, 1.82) is 0 Å². The number of nitrogens with zero attached hydrogens (tertiary/aromatic N) is 1. The lowest BCUT2D eigenvalue weighted by Crippen LogP contribution is -2.41. The third-order valence-corrected chi connectivity index (χ3v) is 6.82. The molecule has 0 radical (unpaired) electrons. The molecule has 0 bridgehead atoms. The zero-order chi connectivity index (χ0) is 20.3. The summed E-state index contributed by atoms with van der Waals surface area (Å²) in [6, 6.07) is 10.4. The molecule has 0 N–H and O–H groups in total. The molecule has 1 atom stereocenters. The number of ether oxygens (including phenoxy) is 1. The molecule has 28 heavy (non-hydrogen) atoms. The van der Waals surface area contributed by atoms with Crippen LogP contribution in [0.1, 0.15) is 29.3 Å². The molecular formula is C20H21ClFNO4S. The third kappa shape index (κ3) is 4.64. The average Bonchev–Trinajstić information content (AvgIpc) is 3.01. The Labute approximate surface area is 169 Å². The largest absolute Gasteiger partial charge is 0.494 e. The highest BCUT2D eigenvalue weighted by atomic mass is 35.5. The monoisotopic (exact) mass is 425 g/mol. The van der Waals surface area contributed by atoms with Crippen LogP contribution in [0.2, 0.25) is 5.02 Å². The van der Waals surface area contributed by atoms with E-state index in [0.29, 0.717) is 24.3 Å². The Balaban J connectivity index is 1.92. The minimum absolute atomic E-state index is 0.00965. The highest BCUT2D eigenvalue weighted by Gasteiger charge is 2.35. The van der Waals surface area contributed by atoms with Crippen molar-refractivity contribution in [2.24, 2.45) is 0 Å². The number of sulfone groups is 1. The van der Waals surface area contributed by atoms with E-state index < -0.39 is 21.7 Å². The van der Waals surface area contributed by atoms with E-state index in [1.54, 1.807) is 30.3 Å². The molecular weight excluding hydrogens is 405 g/mol. The van der Waals surface area contributed by atoms with Gasteiger partial charge in [0, 0.05) is 22.2 Å². The normalized spacial score (nSPS) is 18.0. The second kappa shape index (κ2) is 8.49. The van der Waals surface area contributed by atoms with E-state index in [-0.39, 0.29) is 34.5 Å². The maximum absolute atomic E-state index is 14.3. The first-order valence-corrected chi connectivity index (χ1v) is 11.2. The summed E-state index contributed by atoms with van der Waals surface area (Å²) in [7, 11) is -3.22. The molecule has 1 amide bonds. The molecule has 0 unspecified atom stereocenters. The van der Waals surface area contributed by atoms with E-state index in [2.05, 4.69) is 0 Å². The Morgan fingerprint density at radius 3 is 2.54 bits per heavy atom. The van der Waals surface area contributed by atoms with Gasteiger partial charge in [-0.3, -0.25) is 4.79 Å². The standard InChI is InChI=1S/C20H21ClFNO4S/c1-2-27-16-8-6-14(7-9-16)20(24)23(15-10-11-28(25,26)13-15)12-17-18(21)4-3-5-19(17)22/h3-9,15H,2,10-13H2,1H3/t15-/m1/s1. The van der Waals surface area contributed by atoms with E-state index in [9.17, 15) is 17.6 Å². The van der Waals surface area contributed by atoms with Gasteiger partial charge in [0.1, 0.15) is 11.6 Å². The van der Waals surface area contributed by atoms with Gasteiger partial charge in [0.2, 0.25) is 0 Å². The number of carbonyl (C=O) groups is 1. The summed E-state index contributed by atoms with van der Waals surface area (Å²) in [4.78, 5) is 14.6. The Morgan fingerprint density at radius 2 is 1.96 bits per heavy atom. The Hall–Kier alpha value is -2.12. The van der Waals surface area contributed by atoms with E-state index in [4.69, 9.17) is 16.3 Å². The Morgan fingerprint density at radius 1 is 1.25 bits per heavy atom. The summed E-state index contributed by atoms with van der Waals surface area (Å²) < 4.78 is 43.6. The maximum Gasteiger partial charge on any atom is 0.254 e. The molecule has 5 nitrogen and oxygen atoms in total. The highest BCUT2D eigenvalue weighted by Crippen LogP contribution is 2.27. The topological polar surface area (TPSA) is 63.7 Å². The van der Waals surface area contributed by atoms with Crippen molar-refractivity contribution in [2.45, 2.75) is 25.9 Å². The van der Waals surface area contributed by atoms with E-state index in [0.717, 1.165) is 0 Å². The zero-order valence-corrected chi connectivity index (χ0v) is 17.0. The summed E-state index contributed by atoms with van der Waals surface area (Å²) in [5.74, 6) is -0.397. The van der Waals surface area contributed by atoms with Gasteiger partial charge < -0.3 is 9.64 Å². The highest BCUT2D eigenvalue weighted by molar-refractivity contribution is 7.91. The quantitative estimate of drug-likeness (QED) is 0.707. The first-order chi connectivity index (χ1) is 13.3. The van der Waals surface area contributed by atoms with Crippen LogP contribution >= 0.6 is 11.6 Å². The average molecular weight is 426 g/mol. The molecule has 0 aromatic heterocycles. The van der Waals surface area contributed by atoms with Gasteiger partial charge in [-0.1, -0.05) is 17.7 Å². The molecule has 150 valence electrons.